The Morgan fingerprint density at radius 1 is 1.10 bits per heavy atom. The largest absolute Gasteiger partial charge is 0.573 e. The third kappa shape index (κ3) is 6.37. The first-order chi connectivity index (χ1) is 13.8. The number of benzene rings is 1. The van der Waals surface area contributed by atoms with Crippen LogP contribution in [0.5, 0.6) is 5.75 Å². The zero-order chi connectivity index (χ0) is 20.9. The van der Waals surface area contributed by atoms with Gasteiger partial charge in [-0.15, -0.1) is 24.9 Å². The summed E-state index contributed by atoms with van der Waals surface area (Å²) in [6, 6.07) is 11.7. The van der Waals surface area contributed by atoms with Crippen LogP contribution in [-0.2, 0) is 5.75 Å². The number of ether oxygens (including phenoxy) is 1. The van der Waals surface area contributed by atoms with Crippen molar-refractivity contribution in [2.45, 2.75) is 17.1 Å². The molecular formula is C19H13ClF3N3O2S. The zero-order valence-electron chi connectivity index (χ0n) is 14.6. The maximum atomic E-state index is 12.6. The molecule has 1 aromatic carbocycles. The molecule has 0 radical (unpaired) electrons. The molecule has 0 aliphatic rings. The molecule has 3 rings (SSSR count). The van der Waals surface area contributed by atoms with E-state index in [0.29, 0.717) is 27.2 Å². The molecule has 1 N–H and O–H groups in total. The second-order valence-electron chi connectivity index (χ2n) is 5.66. The molecule has 1 amide bonds. The van der Waals surface area contributed by atoms with Gasteiger partial charge in [-0.05, 0) is 54.1 Å². The number of aromatic nitrogens is 2. The molecule has 2 aromatic heterocycles. The number of alkyl halides is 3. The number of halogens is 4. The monoisotopic (exact) mass is 439 g/mol. The van der Waals surface area contributed by atoms with Gasteiger partial charge in [0.2, 0.25) is 0 Å². The molecule has 0 spiro atoms. The van der Waals surface area contributed by atoms with E-state index in [1.165, 1.54) is 23.9 Å². The van der Waals surface area contributed by atoms with Crippen molar-refractivity contribution in [1.82, 2.24) is 9.97 Å². The van der Waals surface area contributed by atoms with Crippen LogP contribution in [0, 0.1) is 0 Å². The van der Waals surface area contributed by atoms with Gasteiger partial charge in [0, 0.05) is 23.8 Å². The first-order valence-corrected chi connectivity index (χ1v) is 9.52. The topological polar surface area (TPSA) is 64.1 Å². The third-order valence-corrected chi connectivity index (χ3v) is 4.81. The molecule has 10 heteroatoms. The Hall–Kier alpha value is -2.78. The molecule has 0 aliphatic heterocycles. The normalized spacial score (nSPS) is 11.2. The number of carbonyl (C=O) groups excluding carboxylic acids is 1. The molecule has 3 aromatic rings. The SMILES string of the molecule is O=C(Nc1ccc(OC(F)(F)F)cc1)c1cccnc1SCc1ccnc(Cl)c1. The number of pyridine rings is 2. The lowest BCUT2D eigenvalue weighted by atomic mass is 10.2. The first-order valence-electron chi connectivity index (χ1n) is 8.15. The Balaban J connectivity index is 1.68. The fraction of sp³-hybridized carbons (Fsp3) is 0.105. The van der Waals surface area contributed by atoms with Gasteiger partial charge >= 0.3 is 6.36 Å². The van der Waals surface area contributed by atoms with Crippen molar-refractivity contribution in [3.63, 3.8) is 0 Å². The highest BCUT2D eigenvalue weighted by Crippen LogP contribution is 2.27. The average molecular weight is 440 g/mol. The molecule has 150 valence electrons. The third-order valence-electron chi connectivity index (χ3n) is 3.53. The second-order valence-corrected chi connectivity index (χ2v) is 7.01. The van der Waals surface area contributed by atoms with Crippen LogP contribution in [0.3, 0.4) is 0 Å². The lowest BCUT2D eigenvalue weighted by molar-refractivity contribution is -0.274. The molecule has 0 bridgehead atoms. The predicted molar refractivity (Wildman–Crippen MR) is 104 cm³/mol. The Morgan fingerprint density at radius 2 is 1.86 bits per heavy atom. The van der Waals surface area contributed by atoms with Crippen LogP contribution < -0.4 is 10.1 Å². The van der Waals surface area contributed by atoms with Crippen molar-refractivity contribution < 1.29 is 22.7 Å². The van der Waals surface area contributed by atoms with Crippen LogP contribution >= 0.6 is 23.4 Å². The molecule has 2 heterocycles. The summed E-state index contributed by atoms with van der Waals surface area (Å²) in [5, 5.41) is 3.52. The molecule has 0 saturated heterocycles. The van der Waals surface area contributed by atoms with Crippen LogP contribution in [0.15, 0.2) is 66.0 Å². The van der Waals surface area contributed by atoms with Crippen LogP contribution in [0.1, 0.15) is 15.9 Å². The van der Waals surface area contributed by atoms with Gasteiger partial charge in [0.05, 0.1) is 5.56 Å². The second kappa shape index (κ2) is 9.15. The number of nitrogens with one attached hydrogen (secondary N) is 1. The maximum Gasteiger partial charge on any atom is 0.573 e. The molecule has 0 fully saturated rings. The van der Waals surface area contributed by atoms with E-state index in [-0.39, 0.29) is 5.75 Å². The highest BCUT2D eigenvalue weighted by Gasteiger charge is 2.31. The number of carbonyl (C=O) groups is 1. The fourth-order valence-corrected chi connectivity index (χ4v) is 3.43. The summed E-state index contributed by atoms with van der Waals surface area (Å²) in [7, 11) is 0. The van der Waals surface area contributed by atoms with Crippen LogP contribution in [0.4, 0.5) is 18.9 Å². The summed E-state index contributed by atoms with van der Waals surface area (Å²) in [5.41, 5.74) is 1.59. The quantitative estimate of drug-likeness (QED) is 0.401. The summed E-state index contributed by atoms with van der Waals surface area (Å²) in [6.45, 7) is 0. The first kappa shape index (κ1) is 20.9. The van der Waals surface area contributed by atoms with Gasteiger partial charge in [-0.3, -0.25) is 4.79 Å². The van der Waals surface area contributed by atoms with E-state index < -0.39 is 12.3 Å². The van der Waals surface area contributed by atoms with E-state index in [1.54, 1.807) is 30.6 Å². The van der Waals surface area contributed by atoms with Crippen molar-refractivity contribution in [2.75, 3.05) is 5.32 Å². The van der Waals surface area contributed by atoms with Gasteiger partial charge in [-0.25, -0.2) is 9.97 Å². The van der Waals surface area contributed by atoms with Crippen molar-refractivity contribution in [3.05, 3.63) is 77.2 Å². The standard InChI is InChI=1S/C19H13ClF3N3O2S/c20-16-10-12(7-9-24-16)11-29-18-15(2-1-8-25-18)17(27)26-13-3-5-14(6-4-13)28-19(21,22)23/h1-10H,11H2,(H,26,27). The number of hydrogen-bond acceptors (Lipinski definition) is 5. The van der Waals surface area contributed by atoms with Crippen LogP contribution in [0.25, 0.3) is 0 Å². The lowest BCUT2D eigenvalue weighted by Gasteiger charge is -2.11. The smallest absolute Gasteiger partial charge is 0.406 e. The van der Waals surface area contributed by atoms with E-state index >= 15 is 0 Å². The number of rotatable bonds is 6. The summed E-state index contributed by atoms with van der Waals surface area (Å²) in [4.78, 5) is 20.8. The van der Waals surface area contributed by atoms with E-state index in [1.807, 2.05) is 6.07 Å². The molecule has 0 saturated carbocycles. The van der Waals surface area contributed by atoms with Gasteiger partial charge in [0.15, 0.2) is 0 Å². The molecule has 5 nitrogen and oxygen atoms in total. The summed E-state index contributed by atoms with van der Waals surface area (Å²) < 4.78 is 40.5. The zero-order valence-corrected chi connectivity index (χ0v) is 16.2. The Morgan fingerprint density at radius 3 is 2.55 bits per heavy atom. The van der Waals surface area contributed by atoms with Crippen molar-refractivity contribution in [1.29, 1.82) is 0 Å². The maximum absolute atomic E-state index is 12.6. The van der Waals surface area contributed by atoms with Crippen LogP contribution in [-0.4, -0.2) is 22.2 Å². The number of thioether (sulfide) groups is 1. The minimum Gasteiger partial charge on any atom is -0.406 e. The van der Waals surface area contributed by atoms with E-state index in [4.69, 9.17) is 11.6 Å². The minimum atomic E-state index is -4.77. The highest BCUT2D eigenvalue weighted by molar-refractivity contribution is 7.98. The summed E-state index contributed by atoms with van der Waals surface area (Å²) in [5.74, 6) is -0.273. The molecule has 0 aliphatic carbocycles. The van der Waals surface area contributed by atoms with Gasteiger partial charge < -0.3 is 10.1 Å². The fourth-order valence-electron chi connectivity index (χ4n) is 2.30. The number of nitrogens with zero attached hydrogens (tertiary/aromatic N) is 2. The molecule has 0 unspecified atom stereocenters. The van der Waals surface area contributed by atoms with Crippen molar-refractivity contribution in [2.24, 2.45) is 0 Å². The highest BCUT2D eigenvalue weighted by atomic mass is 35.5. The van der Waals surface area contributed by atoms with Gasteiger partial charge in [-0.2, -0.15) is 0 Å². The van der Waals surface area contributed by atoms with E-state index in [0.717, 1.165) is 17.7 Å². The Bertz CT molecular complexity index is 1000. The van der Waals surface area contributed by atoms with Crippen LogP contribution in [0.2, 0.25) is 5.15 Å². The summed E-state index contributed by atoms with van der Waals surface area (Å²) in [6.07, 6.45) is -1.61. The van der Waals surface area contributed by atoms with Crippen molar-refractivity contribution >= 4 is 35.0 Å². The van der Waals surface area contributed by atoms with Crippen molar-refractivity contribution in [3.8, 4) is 5.75 Å². The number of hydrogen-bond donors (Lipinski definition) is 1. The van der Waals surface area contributed by atoms with Gasteiger partial charge in [0.1, 0.15) is 15.9 Å². The summed E-state index contributed by atoms with van der Waals surface area (Å²) >= 11 is 7.23. The molecular weight excluding hydrogens is 427 g/mol. The van der Waals surface area contributed by atoms with E-state index in [9.17, 15) is 18.0 Å². The Labute approximate surface area is 173 Å². The number of anilines is 1. The van der Waals surface area contributed by atoms with E-state index in [2.05, 4.69) is 20.0 Å². The average Bonchev–Trinajstić information content (AvgIpc) is 2.67. The number of amides is 1. The minimum absolute atomic E-state index is 0.324. The van der Waals surface area contributed by atoms with Gasteiger partial charge in [-0.1, -0.05) is 11.6 Å². The predicted octanol–water partition coefficient (Wildman–Crippen LogP) is 5.57. The molecule has 29 heavy (non-hydrogen) atoms. The lowest BCUT2D eigenvalue weighted by Crippen LogP contribution is -2.17. The molecule has 0 atom stereocenters. The Kier molecular flexibility index (Phi) is 6.60. The van der Waals surface area contributed by atoms with Gasteiger partial charge in [0.25, 0.3) is 5.91 Å².